The van der Waals surface area contributed by atoms with E-state index in [1.54, 1.807) is 25.1 Å². The number of benzene rings is 3. The maximum atomic E-state index is 13.9. The topological polar surface area (TPSA) is 86.8 Å². The van der Waals surface area contributed by atoms with E-state index in [1.165, 1.54) is 35.2 Å². The zero-order valence-corrected chi connectivity index (χ0v) is 24.9. The Morgan fingerprint density at radius 1 is 0.923 bits per heavy atom. The van der Waals surface area contributed by atoms with Crippen LogP contribution in [0.4, 0.5) is 5.69 Å². The molecule has 0 spiro atoms. The number of aryl methyl sites for hydroxylation is 1. The van der Waals surface area contributed by atoms with Crippen molar-refractivity contribution in [2.45, 2.75) is 57.6 Å². The molecule has 3 aromatic carbocycles. The molecule has 2 amide bonds. The predicted octanol–water partition coefficient (Wildman–Crippen LogP) is 5.83. The molecule has 39 heavy (non-hydrogen) atoms. The van der Waals surface area contributed by atoms with Crippen LogP contribution in [0.3, 0.4) is 0 Å². The fraction of sp³-hybridized carbons (Fsp3) is 0.310. The molecule has 0 aliphatic carbocycles. The molecule has 208 valence electrons. The molecule has 7 nitrogen and oxygen atoms in total. The van der Waals surface area contributed by atoms with Crippen molar-refractivity contribution in [3.63, 3.8) is 0 Å². The highest BCUT2D eigenvalue weighted by atomic mass is 35.5. The summed E-state index contributed by atoms with van der Waals surface area (Å²) in [6.45, 7) is 8.66. The lowest BCUT2D eigenvalue weighted by Gasteiger charge is -2.33. The van der Waals surface area contributed by atoms with Crippen LogP contribution in [0.5, 0.6) is 0 Å². The standard InChI is InChI=1S/C29H33Cl2N3O4S/c1-20-10-9-11-22(16-20)18-33(21(2)28(36)32-29(3,4)5)27(35)19-34(23-14-15-25(30)26(31)17-23)39(37,38)24-12-7-6-8-13-24/h6-17,21H,18-19H2,1-5H3,(H,32,36). The van der Waals surface area contributed by atoms with E-state index in [2.05, 4.69) is 5.32 Å². The van der Waals surface area contributed by atoms with Gasteiger partial charge in [0.25, 0.3) is 10.0 Å². The Hall–Kier alpha value is -3.07. The number of hydrogen-bond donors (Lipinski definition) is 1. The molecule has 0 saturated carbocycles. The van der Waals surface area contributed by atoms with Crippen LogP contribution in [0.2, 0.25) is 10.0 Å². The Labute approximate surface area is 240 Å². The lowest BCUT2D eigenvalue weighted by Crippen LogP contribution is -2.54. The number of amides is 2. The largest absolute Gasteiger partial charge is 0.350 e. The van der Waals surface area contributed by atoms with E-state index in [0.717, 1.165) is 15.4 Å². The first-order chi connectivity index (χ1) is 18.2. The second-order valence-electron chi connectivity index (χ2n) is 10.3. The summed E-state index contributed by atoms with van der Waals surface area (Å²) in [5.74, 6) is -0.908. The third kappa shape index (κ3) is 7.97. The average molecular weight is 591 g/mol. The molecular formula is C29H33Cl2N3O4S. The van der Waals surface area contributed by atoms with Crippen molar-refractivity contribution in [3.05, 3.63) is 94.0 Å². The van der Waals surface area contributed by atoms with E-state index in [4.69, 9.17) is 23.2 Å². The molecule has 0 heterocycles. The third-order valence-electron chi connectivity index (χ3n) is 5.90. The van der Waals surface area contributed by atoms with Crippen LogP contribution in [0.15, 0.2) is 77.7 Å². The molecule has 0 bridgehead atoms. The van der Waals surface area contributed by atoms with E-state index in [9.17, 15) is 18.0 Å². The summed E-state index contributed by atoms with van der Waals surface area (Å²) in [4.78, 5) is 28.5. The Bertz CT molecular complexity index is 1440. The Morgan fingerprint density at radius 3 is 2.18 bits per heavy atom. The number of rotatable bonds is 9. The third-order valence-corrected chi connectivity index (χ3v) is 8.43. The summed E-state index contributed by atoms with van der Waals surface area (Å²) in [6, 6.07) is 18.9. The van der Waals surface area contributed by atoms with Crippen molar-refractivity contribution in [1.29, 1.82) is 0 Å². The Kier molecular flexibility index (Phi) is 9.69. The molecule has 0 aromatic heterocycles. The highest BCUT2D eigenvalue weighted by molar-refractivity contribution is 7.92. The molecule has 0 aliphatic heterocycles. The van der Waals surface area contributed by atoms with Gasteiger partial charge < -0.3 is 10.2 Å². The van der Waals surface area contributed by atoms with Gasteiger partial charge in [-0.05, 0) is 70.5 Å². The van der Waals surface area contributed by atoms with Gasteiger partial charge in [-0.25, -0.2) is 8.42 Å². The number of hydrogen-bond acceptors (Lipinski definition) is 4. The normalized spacial score (nSPS) is 12.5. The lowest BCUT2D eigenvalue weighted by molar-refractivity contribution is -0.140. The molecule has 0 saturated heterocycles. The highest BCUT2D eigenvalue weighted by Crippen LogP contribution is 2.31. The van der Waals surface area contributed by atoms with E-state index in [1.807, 2.05) is 52.0 Å². The fourth-order valence-electron chi connectivity index (χ4n) is 3.95. The minimum absolute atomic E-state index is 0.00707. The van der Waals surface area contributed by atoms with Gasteiger partial charge in [-0.2, -0.15) is 0 Å². The van der Waals surface area contributed by atoms with Gasteiger partial charge in [0.1, 0.15) is 12.6 Å². The van der Waals surface area contributed by atoms with Gasteiger partial charge in [0, 0.05) is 12.1 Å². The summed E-state index contributed by atoms with van der Waals surface area (Å²) >= 11 is 12.3. The van der Waals surface area contributed by atoms with Gasteiger partial charge in [-0.15, -0.1) is 0 Å². The summed E-state index contributed by atoms with van der Waals surface area (Å²) in [5, 5.41) is 3.30. The summed E-state index contributed by atoms with van der Waals surface area (Å²) in [6.07, 6.45) is 0. The maximum Gasteiger partial charge on any atom is 0.264 e. The molecule has 1 unspecified atom stereocenters. The van der Waals surface area contributed by atoms with E-state index in [-0.39, 0.29) is 33.1 Å². The number of sulfonamides is 1. The van der Waals surface area contributed by atoms with Crippen LogP contribution in [0.1, 0.15) is 38.8 Å². The second-order valence-corrected chi connectivity index (χ2v) is 13.0. The lowest BCUT2D eigenvalue weighted by atomic mass is 10.1. The van der Waals surface area contributed by atoms with Crippen molar-refractivity contribution in [1.82, 2.24) is 10.2 Å². The van der Waals surface area contributed by atoms with Gasteiger partial charge in [0.05, 0.1) is 20.6 Å². The average Bonchev–Trinajstić information content (AvgIpc) is 2.86. The van der Waals surface area contributed by atoms with E-state index >= 15 is 0 Å². The van der Waals surface area contributed by atoms with E-state index in [0.29, 0.717) is 0 Å². The molecule has 1 N–H and O–H groups in total. The number of anilines is 1. The van der Waals surface area contributed by atoms with Gasteiger partial charge in [0.2, 0.25) is 11.8 Å². The molecule has 0 fully saturated rings. The number of nitrogens with one attached hydrogen (secondary N) is 1. The smallest absolute Gasteiger partial charge is 0.264 e. The van der Waals surface area contributed by atoms with Gasteiger partial charge in [-0.1, -0.05) is 71.2 Å². The van der Waals surface area contributed by atoms with Gasteiger partial charge >= 0.3 is 0 Å². The number of carbonyl (C=O) groups is 2. The fourth-order valence-corrected chi connectivity index (χ4v) is 5.67. The van der Waals surface area contributed by atoms with Crippen molar-refractivity contribution in [2.75, 3.05) is 10.8 Å². The first-order valence-electron chi connectivity index (χ1n) is 12.4. The molecular weight excluding hydrogens is 557 g/mol. The summed E-state index contributed by atoms with van der Waals surface area (Å²) in [7, 11) is -4.18. The number of halogens is 2. The summed E-state index contributed by atoms with van der Waals surface area (Å²) < 4.78 is 28.6. The molecule has 1 atom stereocenters. The highest BCUT2D eigenvalue weighted by Gasteiger charge is 2.33. The van der Waals surface area contributed by atoms with Crippen LogP contribution in [-0.4, -0.2) is 43.3 Å². The van der Waals surface area contributed by atoms with Crippen LogP contribution in [0.25, 0.3) is 0 Å². The maximum absolute atomic E-state index is 13.9. The molecule has 3 rings (SSSR count). The summed E-state index contributed by atoms with van der Waals surface area (Å²) in [5.41, 5.74) is 1.46. The second kappa shape index (κ2) is 12.4. The first kappa shape index (κ1) is 30.5. The van der Waals surface area contributed by atoms with Crippen LogP contribution in [-0.2, 0) is 26.2 Å². The van der Waals surface area contributed by atoms with E-state index < -0.39 is 34.1 Å². The monoisotopic (exact) mass is 589 g/mol. The molecule has 0 radical (unpaired) electrons. The van der Waals surface area contributed by atoms with Crippen molar-refractivity contribution in [3.8, 4) is 0 Å². The van der Waals surface area contributed by atoms with Crippen molar-refractivity contribution in [2.24, 2.45) is 0 Å². The SMILES string of the molecule is Cc1cccc(CN(C(=O)CN(c2ccc(Cl)c(Cl)c2)S(=O)(=O)c2ccccc2)C(C)C(=O)NC(C)(C)C)c1. The zero-order valence-electron chi connectivity index (χ0n) is 22.6. The first-order valence-corrected chi connectivity index (χ1v) is 14.6. The Balaban J connectivity index is 2.05. The van der Waals surface area contributed by atoms with Crippen LogP contribution >= 0.6 is 23.2 Å². The van der Waals surface area contributed by atoms with Gasteiger partial charge in [0.15, 0.2) is 0 Å². The van der Waals surface area contributed by atoms with Gasteiger partial charge in [-0.3, -0.25) is 13.9 Å². The molecule has 3 aromatic rings. The predicted molar refractivity (Wildman–Crippen MR) is 157 cm³/mol. The quantitative estimate of drug-likeness (QED) is 0.340. The minimum Gasteiger partial charge on any atom is -0.350 e. The number of carbonyl (C=O) groups excluding carboxylic acids is 2. The van der Waals surface area contributed by atoms with Crippen molar-refractivity contribution >= 4 is 50.7 Å². The Morgan fingerprint density at radius 2 is 1.59 bits per heavy atom. The van der Waals surface area contributed by atoms with Crippen molar-refractivity contribution < 1.29 is 18.0 Å². The molecule has 0 aliphatic rings. The van der Waals surface area contributed by atoms with Crippen LogP contribution in [0, 0.1) is 6.92 Å². The number of nitrogens with zero attached hydrogens (tertiary/aromatic N) is 2. The zero-order chi connectivity index (χ0) is 29.0. The van der Waals surface area contributed by atoms with Crippen LogP contribution < -0.4 is 9.62 Å². The molecule has 10 heteroatoms. The minimum atomic E-state index is -4.18.